The van der Waals surface area contributed by atoms with Crippen molar-refractivity contribution in [3.05, 3.63) is 60.2 Å². The lowest BCUT2D eigenvalue weighted by Gasteiger charge is -2.21. The Morgan fingerprint density at radius 3 is 2.38 bits per heavy atom. The van der Waals surface area contributed by atoms with Gasteiger partial charge >= 0.3 is 5.97 Å². The Bertz CT molecular complexity index is 880. The molecule has 2 aromatic carbocycles. The zero-order valence-electron chi connectivity index (χ0n) is 16.1. The maximum Gasteiger partial charge on any atom is 0.306 e. The highest BCUT2D eigenvalue weighted by atomic mass is 16.6. The summed E-state index contributed by atoms with van der Waals surface area (Å²) in [6.07, 6.45) is -0.564. The fraction of sp³-hybridized carbons (Fsp3) is 0.318. The van der Waals surface area contributed by atoms with Crippen LogP contribution in [0.15, 0.2) is 59.6 Å². The van der Waals surface area contributed by atoms with Gasteiger partial charge in [0.05, 0.1) is 12.5 Å². The fourth-order valence-electron chi connectivity index (χ4n) is 3.22. The summed E-state index contributed by atoms with van der Waals surface area (Å²) in [7, 11) is 0. The Balaban J connectivity index is 1.71. The fourth-order valence-corrected chi connectivity index (χ4v) is 3.22. The van der Waals surface area contributed by atoms with E-state index in [2.05, 4.69) is 10.3 Å². The van der Waals surface area contributed by atoms with Crippen molar-refractivity contribution in [1.82, 2.24) is 5.32 Å². The topological polar surface area (TPSA) is 108 Å². The molecular weight excluding hydrogens is 372 g/mol. The second-order valence-corrected chi connectivity index (χ2v) is 7.13. The molecule has 3 N–H and O–H groups in total. The van der Waals surface area contributed by atoms with Crippen molar-refractivity contribution in [3.63, 3.8) is 0 Å². The molecule has 7 heteroatoms. The molecule has 152 valence electrons. The molecule has 1 amide bonds. The first kappa shape index (κ1) is 20.7. The average molecular weight is 396 g/mol. The number of benzene rings is 2. The van der Waals surface area contributed by atoms with E-state index < -0.39 is 30.3 Å². The molecule has 0 spiro atoms. The number of hydrogen-bond acceptors (Lipinski definition) is 5. The molecule has 3 rings (SSSR count). The van der Waals surface area contributed by atoms with Crippen LogP contribution in [0, 0.1) is 5.92 Å². The minimum Gasteiger partial charge on any atom is -0.481 e. The molecule has 1 heterocycles. The standard InChI is InChI=1S/C22H24N2O5/c1-14(21(26)27)11-18(23-20(25)19-13-29-22(28)24-19)12-15-7-9-17(10-8-15)16-5-3-2-4-6-16/h2-10,14,18,22,28H,11-13H2,1H3,(H,23,25)(H,26,27). The summed E-state index contributed by atoms with van der Waals surface area (Å²) in [5.41, 5.74) is 3.28. The van der Waals surface area contributed by atoms with Crippen LogP contribution in [0.5, 0.6) is 0 Å². The Morgan fingerprint density at radius 2 is 1.79 bits per heavy atom. The predicted molar refractivity (Wildman–Crippen MR) is 108 cm³/mol. The zero-order valence-corrected chi connectivity index (χ0v) is 16.1. The van der Waals surface area contributed by atoms with Crippen LogP contribution in [0.3, 0.4) is 0 Å². The quantitative estimate of drug-likeness (QED) is 0.634. The molecular formula is C22H24N2O5. The number of ether oxygens (including phenoxy) is 1. The molecule has 1 aliphatic heterocycles. The van der Waals surface area contributed by atoms with Crippen LogP contribution in [-0.2, 0) is 20.7 Å². The highest BCUT2D eigenvalue weighted by Crippen LogP contribution is 2.20. The first-order chi connectivity index (χ1) is 13.9. The Hall–Kier alpha value is -3.03. The Labute approximate surface area is 169 Å². The van der Waals surface area contributed by atoms with Gasteiger partial charge in [-0.3, -0.25) is 9.59 Å². The van der Waals surface area contributed by atoms with Crippen molar-refractivity contribution in [3.8, 4) is 11.1 Å². The third-order valence-corrected chi connectivity index (χ3v) is 4.84. The second kappa shape index (κ2) is 9.45. The minimum atomic E-state index is -1.32. The highest BCUT2D eigenvalue weighted by Gasteiger charge is 2.25. The third kappa shape index (κ3) is 5.73. The monoisotopic (exact) mass is 396 g/mol. The van der Waals surface area contributed by atoms with Crippen molar-refractivity contribution in [1.29, 1.82) is 0 Å². The number of rotatable bonds is 8. The summed E-state index contributed by atoms with van der Waals surface area (Å²) in [4.78, 5) is 27.4. The van der Waals surface area contributed by atoms with E-state index >= 15 is 0 Å². The normalized spacial score (nSPS) is 18.0. The highest BCUT2D eigenvalue weighted by molar-refractivity contribution is 6.39. The molecule has 0 saturated carbocycles. The Morgan fingerprint density at radius 1 is 1.14 bits per heavy atom. The van der Waals surface area contributed by atoms with Crippen molar-refractivity contribution < 1.29 is 24.5 Å². The van der Waals surface area contributed by atoms with Gasteiger partial charge in [-0.05, 0) is 29.5 Å². The van der Waals surface area contributed by atoms with E-state index in [9.17, 15) is 19.8 Å². The molecule has 1 aliphatic rings. The second-order valence-electron chi connectivity index (χ2n) is 7.13. The molecule has 0 saturated heterocycles. The number of carbonyl (C=O) groups excluding carboxylic acids is 1. The molecule has 3 atom stereocenters. The molecule has 0 radical (unpaired) electrons. The third-order valence-electron chi connectivity index (χ3n) is 4.84. The predicted octanol–water partition coefficient (Wildman–Crippen LogP) is 2.24. The van der Waals surface area contributed by atoms with Crippen molar-refractivity contribution >= 4 is 17.6 Å². The lowest BCUT2D eigenvalue weighted by Crippen LogP contribution is -2.42. The van der Waals surface area contributed by atoms with Crippen LogP contribution < -0.4 is 5.32 Å². The summed E-state index contributed by atoms with van der Waals surface area (Å²) in [5, 5.41) is 21.4. The molecule has 0 aromatic heterocycles. The van der Waals surface area contributed by atoms with Crippen LogP contribution in [0.4, 0.5) is 0 Å². The van der Waals surface area contributed by atoms with E-state index in [4.69, 9.17) is 4.74 Å². The van der Waals surface area contributed by atoms with Crippen LogP contribution >= 0.6 is 0 Å². The van der Waals surface area contributed by atoms with Crippen LogP contribution in [0.1, 0.15) is 18.9 Å². The lowest BCUT2D eigenvalue weighted by atomic mass is 9.95. The molecule has 29 heavy (non-hydrogen) atoms. The van der Waals surface area contributed by atoms with Crippen LogP contribution in [-0.4, -0.2) is 46.9 Å². The number of hydrogen-bond donors (Lipinski definition) is 3. The molecule has 2 aromatic rings. The number of carboxylic acids is 1. The first-order valence-corrected chi connectivity index (χ1v) is 9.46. The number of aliphatic imine (C=N–C) groups is 1. The first-order valence-electron chi connectivity index (χ1n) is 9.46. The van der Waals surface area contributed by atoms with Gasteiger partial charge in [0.25, 0.3) is 12.3 Å². The number of aliphatic carboxylic acids is 1. The minimum absolute atomic E-state index is 0.0695. The summed E-state index contributed by atoms with van der Waals surface area (Å²) in [5.74, 6) is -1.98. The van der Waals surface area contributed by atoms with Gasteiger partial charge in [-0.1, -0.05) is 61.5 Å². The lowest BCUT2D eigenvalue weighted by molar-refractivity contribution is -0.141. The smallest absolute Gasteiger partial charge is 0.306 e. The van der Waals surface area contributed by atoms with Gasteiger partial charge in [0, 0.05) is 6.04 Å². The number of carboxylic acid groups (broad SMARTS) is 1. The van der Waals surface area contributed by atoms with Crippen molar-refractivity contribution in [2.45, 2.75) is 32.2 Å². The van der Waals surface area contributed by atoms with Gasteiger partial charge in [-0.25, -0.2) is 4.99 Å². The molecule has 7 nitrogen and oxygen atoms in total. The number of aliphatic hydroxyl groups excluding tert-OH is 1. The van der Waals surface area contributed by atoms with Gasteiger partial charge in [-0.2, -0.15) is 0 Å². The van der Waals surface area contributed by atoms with Crippen LogP contribution in [0.2, 0.25) is 0 Å². The summed E-state index contributed by atoms with van der Waals surface area (Å²) < 4.78 is 4.86. The number of nitrogens with zero attached hydrogens (tertiary/aromatic N) is 1. The van der Waals surface area contributed by atoms with Gasteiger partial charge in [0.15, 0.2) is 0 Å². The molecule has 0 aliphatic carbocycles. The number of aliphatic hydroxyl groups is 1. The largest absolute Gasteiger partial charge is 0.481 e. The Kier molecular flexibility index (Phi) is 6.74. The molecule has 0 bridgehead atoms. The summed E-state index contributed by atoms with van der Waals surface area (Å²) in [6, 6.07) is 17.6. The maximum absolute atomic E-state index is 12.4. The maximum atomic E-state index is 12.4. The molecule has 0 fully saturated rings. The average Bonchev–Trinajstić information content (AvgIpc) is 3.15. The number of nitrogens with one attached hydrogen (secondary N) is 1. The van der Waals surface area contributed by atoms with Gasteiger partial charge in [0.1, 0.15) is 5.71 Å². The van der Waals surface area contributed by atoms with Crippen LogP contribution in [0.25, 0.3) is 11.1 Å². The van der Waals surface area contributed by atoms with Crippen molar-refractivity contribution in [2.24, 2.45) is 10.9 Å². The van der Waals surface area contributed by atoms with Gasteiger partial charge in [-0.15, -0.1) is 0 Å². The van der Waals surface area contributed by atoms with E-state index in [-0.39, 0.29) is 18.7 Å². The van der Waals surface area contributed by atoms with E-state index in [1.165, 1.54) is 0 Å². The zero-order chi connectivity index (χ0) is 20.8. The summed E-state index contributed by atoms with van der Waals surface area (Å²) >= 11 is 0. The van der Waals surface area contributed by atoms with E-state index in [0.717, 1.165) is 16.7 Å². The van der Waals surface area contributed by atoms with Gasteiger partial charge in [0.2, 0.25) is 0 Å². The number of amides is 1. The van der Waals surface area contributed by atoms with Crippen molar-refractivity contribution in [2.75, 3.05) is 6.61 Å². The van der Waals surface area contributed by atoms with Gasteiger partial charge < -0.3 is 20.3 Å². The van der Waals surface area contributed by atoms with E-state index in [0.29, 0.717) is 6.42 Å². The van der Waals surface area contributed by atoms with E-state index in [1.807, 2.05) is 54.6 Å². The van der Waals surface area contributed by atoms with E-state index in [1.54, 1.807) is 6.92 Å². The SMILES string of the molecule is CC(CC(Cc1ccc(-c2ccccc2)cc1)NC(=O)C1=NC(O)OC1)C(=O)O. The molecule has 3 unspecified atom stereocenters. The number of carbonyl (C=O) groups is 2. The summed E-state index contributed by atoms with van der Waals surface area (Å²) in [6.45, 7) is 1.54.